The lowest BCUT2D eigenvalue weighted by Gasteiger charge is -2.06. The molecule has 0 fully saturated rings. The first kappa shape index (κ1) is 20.4. The highest BCUT2D eigenvalue weighted by Gasteiger charge is 2.18. The van der Waals surface area contributed by atoms with Gasteiger partial charge in [-0.3, -0.25) is 4.98 Å². The van der Waals surface area contributed by atoms with Crippen molar-refractivity contribution < 1.29 is 8.42 Å². The fraction of sp³-hybridized carbons (Fsp3) is 0. The number of aromatic nitrogens is 1. The molecule has 4 aromatic rings. The van der Waals surface area contributed by atoms with Crippen LogP contribution in [0.2, 0.25) is 0 Å². The highest BCUT2D eigenvalue weighted by atomic mass is 32.2. The van der Waals surface area contributed by atoms with Crippen molar-refractivity contribution in [2.45, 2.75) is 4.90 Å². The van der Waals surface area contributed by atoms with Crippen LogP contribution in [0.1, 0.15) is 11.1 Å². The molecule has 4 rings (SSSR count). The molecule has 1 heterocycles. The Morgan fingerprint density at radius 2 is 1.48 bits per heavy atom. The van der Waals surface area contributed by atoms with Gasteiger partial charge >= 0.3 is 0 Å². The first-order chi connectivity index (χ1) is 15.1. The van der Waals surface area contributed by atoms with Crippen molar-refractivity contribution in [1.82, 2.24) is 4.98 Å². The van der Waals surface area contributed by atoms with E-state index in [1.807, 2.05) is 84.9 Å². The molecule has 0 radical (unpaired) electrons. The fourth-order valence-electron chi connectivity index (χ4n) is 3.13. The van der Waals surface area contributed by atoms with Crippen LogP contribution >= 0.6 is 0 Å². The minimum Gasteiger partial charge on any atom is -0.255 e. The summed E-state index contributed by atoms with van der Waals surface area (Å²) >= 11 is 0. The largest absolute Gasteiger partial charge is 0.285 e. The maximum atomic E-state index is 13.2. The van der Waals surface area contributed by atoms with Crippen molar-refractivity contribution >= 4 is 32.7 Å². The Morgan fingerprint density at radius 3 is 2.26 bits per heavy atom. The van der Waals surface area contributed by atoms with Crippen LogP contribution in [0.15, 0.2) is 125 Å². The predicted octanol–water partition coefficient (Wildman–Crippen LogP) is 5.68. The summed E-state index contributed by atoms with van der Waals surface area (Å²) in [5.41, 5.74) is 2.53. The van der Waals surface area contributed by atoms with E-state index in [1.165, 1.54) is 6.07 Å². The molecule has 0 bridgehead atoms. The van der Waals surface area contributed by atoms with Gasteiger partial charge in [0.1, 0.15) is 4.90 Å². The molecule has 0 aliphatic heterocycles. The van der Waals surface area contributed by atoms with Gasteiger partial charge in [-0.2, -0.15) is 12.8 Å². The predicted molar refractivity (Wildman–Crippen MR) is 127 cm³/mol. The van der Waals surface area contributed by atoms with E-state index in [2.05, 4.69) is 9.38 Å². The molecule has 3 aromatic carbocycles. The molecule has 0 unspecified atom stereocenters. The van der Waals surface area contributed by atoms with Crippen LogP contribution in [-0.4, -0.2) is 19.1 Å². The number of benzene rings is 3. The van der Waals surface area contributed by atoms with Crippen LogP contribution in [-0.2, 0) is 10.0 Å². The number of rotatable bonds is 6. The van der Waals surface area contributed by atoms with E-state index < -0.39 is 10.0 Å². The number of allylic oxidation sites excluding steroid dienone is 3. The second-order valence-corrected chi connectivity index (χ2v) is 8.35. The number of nitrogens with zero attached hydrogens (tertiary/aromatic N) is 2. The zero-order valence-electron chi connectivity index (χ0n) is 16.7. The van der Waals surface area contributed by atoms with Crippen molar-refractivity contribution in [2.75, 3.05) is 0 Å². The molecule has 0 atom stereocenters. The van der Waals surface area contributed by atoms with Gasteiger partial charge in [0.25, 0.3) is 10.0 Å². The van der Waals surface area contributed by atoms with Crippen molar-refractivity contribution in [3.8, 4) is 0 Å². The van der Waals surface area contributed by atoms with Crippen molar-refractivity contribution in [2.24, 2.45) is 4.40 Å². The second-order valence-electron chi connectivity index (χ2n) is 6.78. The third-order valence-electron chi connectivity index (χ3n) is 4.62. The van der Waals surface area contributed by atoms with Crippen LogP contribution in [0.25, 0.3) is 17.0 Å². The van der Waals surface area contributed by atoms with E-state index in [9.17, 15) is 8.42 Å². The highest BCUT2D eigenvalue weighted by molar-refractivity contribution is 7.90. The van der Waals surface area contributed by atoms with Crippen molar-refractivity contribution in [3.63, 3.8) is 0 Å². The van der Waals surface area contributed by atoms with Crippen LogP contribution in [0.5, 0.6) is 0 Å². The summed E-state index contributed by atoms with van der Waals surface area (Å²) in [6.45, 7) is 0. The van der Waals surface area contributed by atoms with Crippen molar-refractivity contribution in [3.05, 3.63) is 127 Å². The van der Waals surface area contributed by atoms with Crippen LogP contribution in [0.4, 0.5) is 0 Å². The molecule has 4 nitrogen and oxygen atoms in total. The van der Waals surface area contributed by atoms with Gasteiger partial charge in [0, 0.05) is 17.1 Å². The molecule has 0 saturated carbocycles. The van der Waals surface area contributed by atoms with Gasteiger partial charge < -0.3 is 0 Å². The summed E-state index contributed by atoms with van der Waals surface area (Å²) in [6.07, 6.45) is 8.88. The fourth-order valence-corrected chi connectivity index (χ4v) is 4.32. The van der Waals surface area contributed by atoms with Gasteiger partial charge in [-0.15, -0.1) is 0 Å². The van der Waals surface area contributed by atoms with E-state index in [1.54, 1.807) is 30.5 Å². The van der Waals surface area contributed by atoms with E-state index in [4.69, 9.17) is 0 Å². The van der Waals surface area contributed by atoms with E-state index in [-0.39, 0.29) is 4.90 Å². The highest BCUT2D eigenvalue weighted by Crippen LogP contribution is 2.23. The molecule has 31 heavy (non-hydrogen) atoms. The first-order valence-corrected chi connectivity index (χ1v) is 11.2. The van der Waals surface area contributed by atoms with E-state index in [0.29, 0.717) is 16.8 Å². The SMILES string of the molecule is O=S(=O)(/N=C(/C=C/C=C/c1ccccc1)c1ccccc1)c1cccc2cccnc12. The second kappa shape index (κ2) is 9.32. The van der Waals surface area contributed by atoms with Gasteiger partial charge in [0.05, 0.1) is 11.2 Å². The van der Waals surface area contributed by atoms with Gasteiger partial charge in [-0.05, 0) is 23.8 Å². The quantitative estimate of drug-likeness (QED) is 0.295. The summed E-state index contributed by atoms with van der Waals surface area (Å²) in [7, 11) is -3.97. The molecule has 0 spiro atoms. The lowest BCUT2D eigenvalue weighted by Crippen LogP contribution is -2.05. The number of fused-ring (bicyclic) bond motifs is 1. The molecule has 152 valence electrons. The maximum Gasteiger partial charge on any atom is 0.285 e. The van der Waals surface area contributed by atoms with Crippen LogP contribution < -0.4 is 0 Å². The third kappa shape index (κ3) is 5.02. The zero-order chi connectivity index (χ0) is 21.5. The summed E-state index contributed by atoms with van der Waals surface area (Å²) in [4.78, 5) is 4.35. The van der Waals surface area contributed by atoms with E-state index >= 15 is 0 Å². The van der Waals surface area contributed by atoms with E-state index in [0.717, 1.165) is 10.9 Å². The smallest absolute Gasteiger partial charge is 0.255 e. The maximum absolute atomic E-state index is 13.2. The number of para-hydroxylation sites is 1. The lowest BCUT2D eigenvalue weighted by molar-refractivity contribution is 0.599. The Hall–Kier alpha value is -3.83. The molecule has 0 saturated heterocycles. The molecule has 0 N–H and O–H groups in total. The number of sulfonamides is 1. The minimum absolute atomic E-state index is 0.0901. The topological polar surface area (TPSA) is 59.4 Å². The van der Waals surface area contributed by atoms with Gasteiger partial charge in [0.2, 0.25) is 0 Å². The average molecular weight is 425 g/mol. The molecule has 0 aliphatic rings. The van der Waals surface area contributed by atoms with Gasteiger partial charge in [-0.1, -0.05) is 97.1 Å². The molecule has 5 heteroatoms. The first-order valence-electron chi connectivity index (χ1n) is 9.77. The monoisotopic (exact) mass is 424 g/mol. The average Bonchev–Trinajstić information content (AvgIpc) is 2.82. The molecular weight excluding hydrogens is 404 g/mol. The molecule has 0 aliphatic carbocycles. The number of hydrogen-bond acceptors (Lipinski definition) is 3. The summed E-state index contributed by atoms with van der Waals surface area (Å²) in [5.74, 6) is 0. The summed E-state index contributed by atoms with van der Waals surface area (Å²) in [6, 6.07) is 27.8. The lowest BCUT2D eigenvalue weighted by atomic mass is 10.1. The third-order valence-corrected chi connectivity index (χ3v) is 5.94. The standard InChI is InChI=1S/C26H20N2O2S/c29-31(30,25-19-9-16-23-17-10-20-27-26(23)25)28-24(22-14-5-2-6-15-22)18-8-7-13-21-11-3-1-4-12-21/h1-20H/b13-7+,18-8+,28-24-. The Bertz CT molecular complexity index is 1370. The van der Waals surface area contributed by atoms with Crippen LogP contribution in [0, 0.1) is 0 Å². The Morgan fingerprint density at radius 1 is 0.774 bits per heavy atom. The molecule has 1 aromatic heterocycles. The number of hydrogen-bond donors (Lipinski definition) is 0. The molecular formula is C26H20N2O2S. The zero-order valence-corrected chi connectivity index (χ0v) is 17.5. The van der Waals surface area contributed by atoms with Gasteiger partial charge in [0.15, 0.2) is 0 Å². The minimum atomic E-state index is -3.97. The Kier molecular flexibility index (Phi) is 6.15. The Balaban J connectivity index is 1.74. The Labute approximate surface area is 182 Å². The summed E-state index contributed by atoms with van der Waals surface area (Å²) in [5, 5.41) is 0.751. The van der Waals surface area contributed by atoms with Gasteiger partial charge in [-0.25, -0.2) is 0 Å². The molecule has 0 amide bonds. The van der Waals surface area contributed by atoms with Crippen LogP contribution in [0.3, 0.4) is 0 Å². The van der Waals surface area contributed by atoms with Crippen molar-refractivity contribution in [1.29, 1.82) is 0 Å². The summed E-state index contributed by atoms with van der Waals surface area (Å²) < 4.78 is 30.6. The normalized spacial score (nSPS) is 12.7. The number of pyridine rings is 1.